The van der Waals surface area contributed by atoms with Crippen molar-refractivity contribution in [1.82, 2.24) is 5.32 Å². The molecule has 19 heavy (non-hydrogen) atoms. The minimum atomic E-state index is 0.269. The summed E-state index contributed by atoms with van der Waals surface area (Å²) in [6.07, 6.45) is 2.67. The first-order valence-corrected chi connectivity index (χ1v) is 8.01. The number of fused-ring (bicyclic) bond motifs is 1. The van der Waals surface area contributed by atoms with E-state index in [1.807, 2.05) is 12.1 Å². The molecule has 3 rings (SSSR count). The normalized spacial score (nSPS) is 24.9. The lowest BCUT2D eigenvalue weighted by Gasteiger charge is -2.25. The predicted octanol–water partition coefficient (Wildman–Crippen LogP) is 4.37. The summed E-state index contributed by atoms with van der Waals surface area (Å²) in [6, 6.07) is 10.6. The first-order chi connectivity index (χ1) is 9.16. The lowest BCUT2D eigenvalue weighted by Crippen LogP contribution is -2.34. The number of rotatable bonds is 4. The van der Waals surface area contributed by atoms with Crippen LogP contribution >= 0.6 is 11.8 Å². The zero-order chi connectivity index (χ0) is 13.3. The molecule has 0 amide bonds. The van der Waals surface area contributed by atoms with Crippen LogP contribution in [0.4, 0.5) is 0 Å². The summed E-state index contributed by atoms with van der Waals surface area (Å²) in [7, 11) is 0. The monoisotopic (exact) mass is 275 g/mol. The zero-order valence-corrected chi connectivity index (χ0v) is 12.4. The van der Waals surface area contributed by atoms with Crippen molar-refractivity contribution in [1.29, 1.82) is 0 Å². The molecule has 1 fully saturated rings. The van der Waals surface area contributed by atoms with Gasteiger partial charge in [-0.15, -0.1) is 0 Å². The molecule has 0 aliphatic carbocycles. The predicted molar refractivity (Wildman–Crippen MR) is 82.7 cm³/mol. The van der Waals surface area contributed by atoms with Crippen molar-refractivity contribution in [3.63, 3.8) is 0 Å². The average molecular weight is 275 g/mol. The van der Waals surface area contributed by atoms with E-state index in [1.54, 1.807) is 0 Å². The Labute approximate surface area is 118 Å². The van der Waals surface area contributed by atoms with Gasteiger partial charge < -0.3 is 9.73 Å². The highest BCUT2D eigenvalue weighted by Crippen LogP contribution is 2.37. The molecule has 1 aromatic heterocycles. The van der Waals surface area contributed by atoms with Gasteiger partial charge in [-0.1, -0.05) is 18.2 Å². The lowest BCUT2D eigenvalue weighted by atomic mass is 10.1. The van der Waals surface area contributed by atoms with Gasteiger partial charge in [0.1, 0.15) is 11.3 Å². The van der Waals surface area contributed by atoms with Crippen LogP contribution in [0.3, 0.4) is 0 Å². The van der Waals surface area contributed by atoms with E-state index in [1.165, 1.54) is 24.0 Å². The molecule has 0 saturated carbocycles. The summed E-state index contributed by atoms with van der Waals surface area (Å²) in [5, 5.41) is 4.82. The topological polar surface area (TPSA) is 25.2 Å². The molecule has 1 aromatic carbocycles. The van der Waals surface area contributed by atoms with Gasteiger partial charge in [-0.05, 0) is 44.6 Å². The van der Waals surface area contributed by atoms with Crippen LogP contribution < -0.4 is 5.32 Å². The quantitative estimate of drug-likeness (QED) is 0.897. The average Bonchev–Trinajstić information content (AvgIpc) is 3.02. The number of hydrogen-bond donors (Lipinski definition) is 1. The highest BCUT2D eigenvalue weighted by atomic mass is 32.2. The van der Waals surface area contributed by atoms with Crippen LogP contribution in [0.15, 0.2) is 34.7 Å². The second kappa shape index (κ2) is 5.22. The van der Waals surface area contributed by atoms with Gasteiger partial charge in [0.15, 0.2) is 0 Å². The molecular formula is C16H21NOS. The van der Waals surface area contributed by atoms with Gasteiger partial charge in [-0.3, -0.25) is 0 Å². The Morgan fingerprint density at radius 3 is 3.00 bits per heavy atom. The molecule has 0 radical (unpaired) electrons. The van der Waals surface area contributed by atoms with Gasteiger partial charge >= 0.3 is 0 Å². The highest BCUT2D eigenvalue weighted by Gasteiger charge is 2.29. The molecule has 1 aliphatic rings. The van der Waals surface area contributed by atoms with E-state index < -0.39 is 0 Å². The van der Waals surface area contributed by atoms with Gasteiger partial charge in [0, 0.05) is 16.7 Å². The van der Waals surface area contributed by atoms with E-state index in [9.17, 15) is 0 Å². The molecule has 1 N–H and O–H groups in total. The summed E-state index contributed by atoms with van der Waals surface area (Å²) in [5.74, 6) is 2.34. The molecule has 1 aliphatic heterocycles. The molecule has 102 valence electrons. The van der Waals surface area contributed by atoms with E-state index in [0.29, 0.717) is 4.75 Å². The second-order valence-corrected chi connectivity index (χ2v) is 7.37. The summed E-state index contributed by atoms with van der Waals surface area (Å²) >= 11 is 2.09. The van der Waals surface area contributed by atoms with Crippen molar-refractivity contribution in [2.75, 3.05) is 12.3 Å². The van der Waals surface area contributed by atoms with Crippen molar-refractivity contribution in [3.05, 3.63) is 36.1 Å². The molecule has 0 spiro atoms. The van der Waals surface area contributed by atoms with Crippen LogP contribution in [0.25, 0.3) is 11.0 Å². The molecule has 2 nitrogen and oxygen atoms in total. The van der Waals surface area contributed by atoms with Crippen molar-refractivity contribution in [3.8, 4) is 0 Å². The number of furan rings is 1. The fourth-order valence-corrected chi connectivity index (χ4v) is 3.92. The van der Waals surface area contributed by atoms with E-state index in [-0.39, 0.29) is 6.04 Å². The Balaban J connectivity index is 1.68. The zero-order valence-electron chi connectivity index (χ0n) is 11.6. The second-order valence-electron chi connectivity index (χ2n) is 5.69. The minimum absolute atomic E-state index is 0.269. The van der Waals surface area contributed by atoms with Gasteiger partial charge in [-0.2, -0.15) is 11.8 Å². The van der Waals surface area contributed by atoms with Gasteiger partial charge in [-0.25, -0.2) is 0 Å². The van der Waals surface area contributed by atoms with Crippen LogP contribution in [-0.2, 0) is 0 Å². The molecule has 1 saturated heterocycles. The maximum absolute atomic E-state index is 5.91. The first-order valence-electron chi connectivity index (χ1n) is 7.02. The fourth-order valence-electron chi connectivity index (χ4n) is 2.66. The fraction of sp³-hybridized carbons (Fsp3) is 0.500. The van der Waals surface area contributed by atoms with Gasteiger partial charge in [0.05, 0.1) is 6.04 Å². The number of nitrogens with one attached hydrogen (secondary N) is 1. The number of hydrogen-bond acceptors (Lipinski definition) is 3. The van der Waals surface area contributed by atoms with Crippen molar-refractivity contribution < 1.29 is 4.42 Å². The SMILES string of the molecule is CC(NCC1(C)CCCS1)c1cc2ccccc2o1. The van der Waals surface area contributed by atoms with Crippen molar-refractivity contribution in [2.24, 2.45) is 0 Å². The standard InChI is InChI=1S/C16H21NOS/c1-12(17-11-16(2)8-5-9-19-16)15-10-13-6-3-4-7-14(13)18-15/h3-4,6-7,10,12,17H,5,8-9,11H2,1-2H3. The smallest absolute Gasteiger partial charge is 0.134 e. The van der Waals surface area contributed by atoms with E-state index in [2.05, 4.69) is 49.1 Å². The minimum Gasteiger partial charge on any atom is -0.459 e. The highest BCUT2D eigenvalue weighted by molar-refractivity contribution is 8.00. The van der Waals surface area contributed by atoms with E-state index >= 15 is 0 Å². The molecule has 2 heterocycles. The van der Waals surface area contributed by atoms with Crippen LogP contribution in [0, 0.1) is 0 Å². The summed E-state index contributed by atoms with van der Waals surface area (Å²) in [6.45, 7) is 5.60. The third-order valence-electron chi connectivity index (χ3n) is 3.95. The Kier molecular flexibility index (Phi) is 3.59. The van der Waals surface area contributed by atoms with E-state index in [4.69, 9.17) is 4.42 Å². The number of benzene rings is 1. The third-order valence-corrected chi connectivity index (χ3v) is 5.49. The van der Waals surface area contributed by atoms with Gasteiger partial charge in [0.25, 0.3) is 0 Å². The van der Waals surface area contributed by atoms with Crippen LogP contribution in [0.1, 0.15) is 38.5 Å². The van der Waals surface area contributed by atoms with Crippen molar-refractivity contribution >= 4 is 22.7 Å². The number of thioether (sulfide) groups is 1. The summed E-state index contributed by atoms with van der Waals surface area (Å²) in [4.78, 5) is 0. The first kappa shape index (κ1) is 13.1. The Morgan fingerprint density at radius 1 is 1.42 bits per heavy atom. The molecule has 2 atom stereocenters. The van der Waals surface area contributed by atoms with Crippen LogP contribution in [0.2, 0.25) is 0 Å². The third kappa shape index (κ3) is 2.82. The maximum Gasteiger partial charge on any atom is 0.134 e. The Morgan fingerprint density at radius 2 is 2.26 bits per heavy atom. The molecular weight excluding hydrogens is 254 g/mol. The van der Waals surface area contributed by atoms with Gasteiger partial charge in [0.2, 0.25) is 0 Å². The van der Waals surface area contributed by atoms with Crippen LogP contribution in [-0.4, -0.2) is 17.0 Å². The maximum atomic E-state index is 5.91. The Bertz CT molecular complexity index is 524. The number of para-hydroxylation sites is 1. The van der Waals surface area contributed by atoms with E-state index in [0.717, 1.165) is 17.9 Å². The molecule has 0 bridgehead atoms. The Hall–Kier alpha value is -0.930. The molecule has 3 heteroatoms. The lowest BCUT2D eigenvalue weighted by molar-refractivity contribution is 0.426. The summed E-state index contributed by atoms with van der Waals surface area (Å²) < 4.78 is 6.31. The van der Waals surface area contributed by atoms with Crippen molar-refractivity contribution in [2.45, 2.75) is 37.5 Å². The molecule has 2 unspecified atom stereocenters. The summed E-state index contributed by atoms with van der Waals surface area (Å²) in [5.41, 5.74) is 0.979. The van der Waals surface area contributed by atoms with Crippen LogP contribution in [0.5, 0.6) is 0 Å². The largest absolute Gasteiger partial charge is 0.459 e. The molecule has 2 aromatic rings.